The van der Waals surface area contributed by atoms with Crippen LogP contribution >= 0.6 is 11.3 Å². The van der Waals surface area contributed by atoms with E-state index in [0.717, 1.165) is 30.0 Å². The lowest BCUT2D eigenvalue weighted by atomic mass is 10.1. The number of fused-ring (bicyclic) bond motifs is 1. The highest BCUT2D eigenvalue weighted by Gasteiger charge is 2.21. The molecular formula is C23H32N4O3S. The molecule has 1 atom stereocenters. The van der Waals surface area contributed by atoms with Crippen molar-refractivity contribution in [2.45, 2.75) is 39.8 Å². The number of ether oxygens (including phenoxy) is 2. The van der Waals surface area contributed by atoms with Crippen molar-refractivity contribution in [1.82, 2.24) is 15.5 Å². The van der Waals surface area contributed by atoms with Crippen molar-refractivity contribution in [3.8, 4) is 11.5 Å². The summed E-state index contributed by atoms with van der Waals surface area (Å²) in [4.78, 5) is 20.2. The fourth-order valence-corrected chi connectivity index (χ4v) is 4.44. The summed E-state index contributed by atoms with van der Waals surface area (Å²) < 4.78 is 11.4. The van der Waals surface area contributed by atoms with Crippen LogP contribution in [0.15, 0.2) is 34.6 Å². The Labute approximate surface area is 188 Å². The van der Waals surface area contributed by atoms with E-state index in [1.165, 1.54) is 10.4 Å². The third kappa shape index (κ3) is 5.91. The molecule has 1 aliphatic heterocycles. The number of nitrogens with one attached hydrogen (secondary N) is 2. The molecule has 1 aromatic carbocycles. The van der Waals surface area contributed by atoms with Crippen molar-refractivity contribution in [2.75, 3.05) is 33.4 Å². The van der Waals surface area contributed by atoms with E-state index in [1.54, 1.807) is 18.4 Å². The Bertz CT molecular complexity index is 912. The van der Waals surface area contributed by atoms with Gasteiger partial charge in [0.2, 0.25) is 5.91 Å². The van der Waals surface area contributed by atoms with Gasteiger partial charge in [0, 0.05) is 25.0 Å². The summed E-state index contributed by atoms with van der Waals surface area (Å²) in [6.07, 6.45) is 0.933. The van der Waals surface area contributed by atoms with E-state index in [4.69, 9.17) is 9.47 Å². The van der Waals surface area contributed by atoms with Gasteiger partial charge in [-0.1, -0.05) is 6.07 Å². The molecule has 1 aromatic heterocycles. The predicted octanol–water partition coefficient (Wildman–Crippen LogP) is 3.36. The summed E-state index contributed by atoms with van der Waals surface area (Å²) in [5.41, 5.74) is 2.31. The molecule has 7 nitrogen and oxygen atoms in total. The van der Waals surface area contributed by atoms with Crippen molar-refractivity contribution in [3.63, 3.8) is 0 Å². The highest BCUT2D eigenvalue weighted by Crippen LogP contribution is 2.30. The van der Waals surface area contributed by atoms with Crippen LogP contribution in [0.2, 0.25) is 0 Å². The fourth-order valence-electron chi connectivity index (χ4n) is 3.55. The monoisotopic (exact) mass is 444 g/mol. The topological polar surface area (TPSA) is 75.2 Å². The average molecular weight is 445 g/mol. The van der Waals surface area contributed by atoms with Crippen LogP contribution in [-0.2, 0) is 17.8 Å². The molecule has 2 N–H and O–H groups in total. The third-order valence-electron chi connectivity index (χ3n) is 5.21. The standard InChI is InChI=1S/C23H32N4O3S/c1-5-29-19-8-7-17(13-20(19)30-6-2)16(3)26-23(24-4)25-14-22(28)27-11-9-21-18(15-27)10-12-31-21/h7-8,10,12-13,16H,5-6,9,11,14-15H2,1-4H3,(H2,24,25,26). The SMILES string of the molecule is CCOc1ccc(C(C)NC(=NC)NCC(=O)N2CCc3sccc3C2)cc1OCC. The second-order valence-corrected chi connectivity index (χ2v) is 8.30. The normalized spacial score (nSPS) is 14.6. The quantitative estimate of drug-likeness (QED) is 0.482. The number of carbonyl (C=O) groups excluding carboxylic acids is 1. The van der Waals surface area contributed by atoms with E-state index in [-0.39, 0.29) is 18.5 Å². The Kier molecular flexibility index (Phi) is 8.17. The van der Waals surface area contributed by atoms with Crippen molar-refractivity contribution in [1.29, 1.82) is 0 Å². The maximum atomic E-state index is 12.7. The first-order chi connectivity index (χ1) is 15.0. The maximum absolute atomic E-state index is 12.7. The van der Waals surface area contributed by atoms with Crippen LogP contribution in [0.1, 0.15) is 42.8 Å². The van der Waals surface area contributed by atoms with E-state index < -0.39 is 0 Å². The second kappa shape index (κ2) is 11.0. The Morgan fingerprint density at radius 2 is 2.00 bits per heavy atom. The van der Waals surface area contributed by atoms with Crippen LogP contribution in [0.4, 0.5) is 0 Å². The molecule has 0 radical (unpaired) electrons. The lowest BCUT2D eigenvalue weighted by Gasteiger charge is -2.27. The minimum Gasteiger partial charge on any atom is -0.490 e. The number of rotatable bonds is 8. The zero-order valence-electron chi connectivity index (χ0n) is 18.7. The number of amides is 1. The first-order valence-corrected chi connectivity index (χ1v) is 11.6. The van der Waals surface area contributed by atoms with Crippen LogP contribution < -0.4 is 20.1 Å². The predicted molar refractivity (Wildman–Crippen MR) is 125 cm³/mol. The van der Waals surface area contributed by atoms with Gasteiger partial charge in [-0.05, 0) is 61.9 Å². The smallest absolute Gasteiger partial charge is 0.242 e. The van der Waals surface area contributed by atoms with Crippen molar-refractivity contribution in [2.24, 2.45) is 4.99 Å². The maximum Gasteiger partial charge on any atom is 0.242 e. The summed E-state index contributed by atoms with van der Waals surface area (Å²) in [7, 11) is 1.70. The summed E-state index contributed by atoms with van der Waals surface area (Å²) in [5, 5.41) is 8.60. The Morgan fingerprint density at radius 1 is 1.23 bits per heavy atom. The van der Waals surface area contributed by atoms with Crippen LogP contribution in [0.25, 0.3) is 0 Å². The van der Waals surface area contributed by atoms with Gasteiger partial charge in [-0.25, -0.2) is 0 Å². The molecule has 1 aliphatic rings. The lowest BCUT2D eigenvalue weighted by Crippen LogP contribution is -2.46. The summed E-state index contributed by atoms with van der Waals surface area (Å²) >= 11 is 1.77. The van der Waals surface area contributed by atoms with Crippen LogP contribution in [0.5, 0.6) is 11.5 Å². The van der Waals surface area contributed by atoms with Crippen LogP contribution in [-0.4, -0.2) is 50.1 Å². The molecule has 3 rings (SSSR count). The molecule has 0 fully saturated rings. The van der Waals surface area contributed by atoms with Gasteiger partial charge in [0.15, 0.2) is 17.5 Å². The Morgan fingerprint density at radius 3 is 2.74 bits per heavy atom. The summed E-state index contributed by atoms with van der Waals surface area (Å²) in [6, 6.07) is 8.01. The zero-order chi connectivity index (χ0) is 22.2. The Hall–Kier alpha value is -2.74. The van der Waals surface area contributed by atoms with Gasteiger partial charge in [0.25, 0.3) is 0 Å². The number of thiophene rings is 1. The van der Waals surface area contributed by atoms with Gasteiger partial charge in [0.05, 0.1) is 25.8 Å². The molecule has 168 valence electrons. The highest BCUT2D eigenvalue weighted by molar-refractivity contribution is 7.10. The van der Waals surface area contributed by atoms with Gasteiger partial charge >= 0.3 is 0 Å². The largest absolute Gasteiger partial charge is 0.490 e. The summed E-state index contributed by atoms with van der Waals surface area (Å²) in [6.45, 7) is 8.77. The zero-order valence-corrected chi connectivity index (χ0v) is 19.6. The van der Waals surface area contributed by atoms with Crippen molar-refractivity contribution >= 4 is 23.2 Å². The molecule has 8 heteroatoms. The molecular weight excluding hydrogens is 412 g/mol. The minimum atomic E-state index is -0.0282. The van der Waals surface area contributed by atoms with Gasteiger partial charge in [-0.3, -0.25) is 9.79 Å². The first-order valence-electron chi connectivity index (χ1n) is 10.7. The molecule has 0 saturated carbocycles. The number of benzene rings is 1. The van der Waals surface area contributed by atoms with Gasteiger partial charge < -0.3 is 25.0 Å². The van der Waals surface area contributed by atoms with Gasteiger partial charge in [-0.2, -0.15) is 0 Å². The van der Waals surface area contributed by atoms with Crippen molar-refractivity contribution < 1.29 is 14.3 Å². The number of carbonyl (C=O) groups is 1. The van der Waals surface area contributed by atoms with Gasteiger partial charge in [0.1, 0.15) is 0 Å². The number of guanidine groups is 1. The number of hydrogen-bond donors (Lipinski definition) is 2. The molecule has 2 aromatic rings. The number of nitrogens with zero attached hydrogens (tertiary/aromatic N) is 2. The van der Waals surface area contributed by atoms with E-state index in [2.05, 4.69) is 27.1 Å². The van der Waals surface area contributed by atoms with E-state index in [0.29, 0.717) is 25.7 Å². The van der Waals surface area contributed by atoms with E-state index >= 15 is 0 Å². The fraction of sp³-hybridized carbons (Fsp3) is 0.478. The molecule has 2 heterocycles. The third-order valence-corrected chi connectivity index (χ3v) is 6.23. The van der Waals surface area contributed by atoms with Crippen LogP contribution in [0.3, 0.4) is 0 Å². The number of hydrogen-bond acceptors (Lipinski definition) is 5. The highest BCUT2D eigenvalue weighted by atomic mass is 32.1. The van der Waals surface area contributed by atoms with E-state index in [1.807, 2.05) is 43.9 Å². The lowest BCUT2D eigenvalue weighted by molar-refractivity contribution is -0.130. The second-order valence-electron chi connectivity index (χ2n) is 7.30. The molecule has 0 spiro atoms. The summed E-state index contributed by atoms with van der Waals surface area (Å²) in [5.74, 6) is 2.13. The molecule has 1 unspecified atom stereocenters. The number of aliphatic imine (C=N–C) groups is 1. The first kappa shape index (κ1) is 22.9. The molecule has 31 heavy (non-hydrogen) atoms. The molecule has 0 saturated heterocycles. The molecule has 0 bridgehead atoms. The molecule has 1 amide bonds. The Balaban J connectivity index is 1.56. The molecule has 0 aliphatic carbocycles. The average Bonchev–Trinajstić information content (AvgIpc) is 3.25. The van der Waals surface area contributed by atoms with Gasteiger partial charge in [-0.15, -0.1) is 11.3 Å². The minimum absolute atomic E-state index is 0.0282. The van der Waals surface area contributed by atoms with Crippen molar-refractivity contribution in [3.05, 3.63) is 45.6 Å². The van der Waals surface area contributed by atoms with E-state index in [9.17, 15) is 4.79 Å². The van der Waals surface area contributed by atoms with Crippen LogP contribution in [0, 0.1) is 0 Å².